The quantitative estimate of drug-likeness (QED) is 0.453. The standard InChI is InChI=1S/C8H12O/c1-3-5-7-8(9)6-4-2/h3,5-7,9H,1,4H2,2H3/b7-5-,8-6?. The highest BCUT2D eigenvalue weighted by Crippen LogP contribution is 1.92. The summed E-state index contributed by atoms with van der Waals surface area (Å²) in [6, 6.07) is 0. The van der Waals surface area contributed by atoms with Crippen LogP contribution < -0.4 is 0 Å². The molecule has 0 heterocycles. The minimum atomic E-state index is 0.303. The van der Waals surface area contributed by atoms with Gasteiger partial charge in [-0.25, -0.2) is 0 Å². The summed E-state index contributed by atoms with van der Waals surface area (Å²) in [5, 5.41) is 8.91. The lowest BCUT2D eigenvalue weighted by Gasteiger charge is -1.85. The molecule has 0 aliphatic carbocycles. The zero-order valence-corrected chi connectivity index (χ0v) is 5.67. The van der Waals surface area contributed by atoms with Crippen LogP contribution in [0, 0.1) is 0 Å². The maximum absolute atomic E-state index is 8.91. The molecular formula is C8H12O. The fourth-order valence-electron chi connectivity index (χ4n) is 0.444. The monoisotopic (exact) mass is 124 g/mol. The molecule has 0 aromatic rings. The van der Waals surface area contributed by atoms with Crippen molar-refractivity contribution in [2.45, 2.75) is 13.3 Å². The molecule has 1 nitrogen and oxygen atoms in total. The van der Waals surface area contributed by atoms with Crippen LogP contribution in [0.5, 0.6) is 0 Å². The molecule has 0 spiro atoms. The lowest BCUT2D eigenvalue weighted by molar-refractivity contribution is 0.430. The molecule has 0 aromatic carbocycles. The van der Waals surface area contributed by atoms with E-state index >= 15 is 0 Å². The van der Waals surface area contributed by atoms with Crippen molar-refractivity contribution in [2.24, 2.45) is 0 Å². The average molecular weight is 124 g/mol. The number of rotatable bonds is 3. The predicted octanol–water partition coefficient (Wildman–Crippen LogP) is 2.58. The molecule has 1 N–H and O–H groups in total. The maximum Gasteiger partial charge on any atom is 0.111 e. The van der Waals surface area contributed by atoms with Gasteiger partial charge in [-0.15, -0.1) is 0 Å². The van der Waals surface area contributed by atoms with Crippen molar-refractivity contribution in [3.8, 4) is 0 Å². The van der Waals surface area contributed by atoms with Crippen LogP contribution in [0.2, 0.25) is 0 Å². The summed E-state index contributed by atoms with van der Waals surface area (Å²) in [6.45, 7) is 5.44. The third-order valence-corrected chi connectivity index (χ3v) is 0.816. The molecule has 9 heavy (non-hydrogen) atoms. The highest BCUT2D eigenvalue weighted by atomic mass is 16.3. The van der Waals surface area contributed by atoms with Gasteiger partial charge < -0.3 is 5.11 Å². The van der Waals surface area contributed by atoms with Gasteiger partial charge in [0.2, 0.25) is 0 Å². The van der Waals surface area contributed by atoms with Crippen LogP contribution in [0.1, 0.15) is 13.3 Å². The van der Waals surface area contributed by atoms with E-state index < -0.39 is 0 Å². The van der Waals surface area contributed by atoms with Gasteiger partial charge in [0.25, 0.3) is 0 Å². The van der Waals surface area contributed by atoms with Gasteiger partial charge in [0.1, 0.15) is 5.76 Å². The zero-order chi connectivity index (χ0) is 7.11. The first-order valence-electron chi connectivity index (χ1n) is 2.99. The van der Waals surface area contributed by atoms with Crippen LogP contribution in [-0.2, 0) is 0 Å². The molecule has 0 aliphatic heterocycles. The smallest absolute Gasteiger partial charge is 0.111 e. The Balaban J connectivity index is 3.74. The Morgan fingerprint density at radius 3 is 2.78 bits per heavy atom. The Labute approximate surface area is 56.0 Å². The summed E-state index contributed by atoms with van der Waals surface area (Å²) < 4.78 is 0. The molecule has 0 unspecified atom stereocenters. The zero-order valence-electron chi connectivity index (χ0n) is 5.67. The van der Waals surface area contributed by atoms with Gasteiger partial charge in [-0.1, -0.05) is 25.7 Å². The maximum atomic E-state index is 8.91. The Morgan fingerprint density at radius 1 is 1.67 bits per heavy atom. The topological polar surface area (TPSA) is 20.2 Å². The van der Waals surface area contributed by atoms with E-state index in [0.717, 1.165) is 6.42 Å². The van der Waals surface area contributed by atoms with E-state index in [1.165, 1.54) is 0 Å². The van der Waals surface area contributed by atoms with Crippen LogP contribution in [0.15, 0.2) is 36.6 Å². The molecular weight excluding hydrogens is 112 g/mol. The minimum Gasteiger partial charge on any atom is -0.508 e. The van der Waals surface area contributed by atoms with Gasteiger partial charge in [0, 0.05) is 0 Å². The van der Waals surface area contributed by atoms with Gasteiger partial charge in [0.15, 0.2) is 0 Å². The predicted molar refractivity (Wildman–Crippen MR) is 40.3 cm³/mol. The van der Waals surface area contributed by atoms with E-state index in [2.05, 4.69) is 6.58 Å². The van der Waals surface area contributed by atoms with Gasteiger partial charge in [0.05, 0.1) is 0 Å². The van der Waals surface area contributed by atoms with Crippen LogP contribution in [0.25, 0.3) is 0 Å². The Bertz CT molecular complexity index is 132. The van der Waals surface area contributed by atoms with Crippen LogP contribution in [0.4, 0.5) is 0 Å². The molecule has 0 bridgehead atoms. The molecule has 0 aliphatic rings. The van der Waals surface area contributed by atoms with E-state index in [1.807, 2.05) is 6.92 Å². The van der Waals surface area contributed by atoms with E-state index in [4.69, 9.17) is 5.11 Å². The van der Waals surface area contributed by atoms with Crippen LogP contribution >= 0.6 is 0 Å². The minimum absolute atomic E-state index is 0.303. The SMILES string of the molecule is C=C/C=C\C(O)=CCC. The first kappa shape index (κ1) is 8.02. The summed E-state index contributed by atoms with van der Waals surface area (Å²) in [6.07, 6.45) is 7.52. The highest BCUT2D eigenvalue weighted by molar-refractivity contribution is 5.14. The summed E-state index contributed by atoms with van der Waals surface area (Å²) >= 11 is 0. The number of hydrogen-bond donors (Lipinski definition) is 1. The van der Waals surface area contributed by atoms with Crippen molar-refractivity contribution in [1.82, 2.24) is 0 Å². The van der Waals surface area contributed by atoms with E-state index in [1.54, 1.807) is 24.3 Å². The third kappa shape index (κ3) is 4.88. The van der Waals surface area contributed by atoms with Crippen molar-refractivity contribution < 1.29 is 5.11 Å². The first-order chi connectivity index (χ1) is 4.31. The van der Waals surface area contributed by atoms with E-state index in [-0.39, 0.29) is 0 Å². The molecule has 0 amide bonds. The molecule has 0 fully saturated rings. The van der Waals surface area contributed by atoms with Crippen molar-refractivity contribution in [2.75, 3.05) is 0 Å². The highest BCUT2D eigenvalue weighted by Gasteiger charge is 1.77. The second kappa shape index (κ2) is 5.16. The average Bonchev–Trinajstić information content (AvgIpc) is 1.85. The Hall–Kier alpha value is -0.980. The Morgan fingerprint density at radius 2 is 2.33 bits per heavy atom. The molecule has 50 valence electrons. The lowest BCUT2D eigenvalue weighted by Crippen LogP contribution is -1.70. The number of hydrogen-bond acceptors (Lipinski definition) is 1. The Kier molecular flexibility index (Phi) is 4.60. The fraction of sp³-hybridized carbons (Fsp3) is 0.250. The molecule has 0 saturated carbocycles. The molecule has 0 atom stereocenters. The number of allylic oxidation sites excluding steroid dienone is 4. The van der Waals surface area contributed by atoms with E-state index in [0.29, 0.717) is 5.76 Å². The van der Waals surface area contributed by atoms with Crippen LogP contribution in [0.3, 0.4) is 0 Å². The van der Waals surface area contributed by atoms with Crippen molar-refractivity contribution in [3.05, 3.63) is 36.6 Å². The van der Waals surface area contributed by atoms with Crippen molar-refractivity contribution >= 4 is 0 Å². The molecule has 0 saturated heterocycles. The second-order valence-electron chi connectivity index (χ2n) is 1.63. The van der Waals surface area contributed by atoms with Crippen molar-refractivity contribution in [3.63, 3.8) is 0 Å². The van der Waals surface area contributed by atoms with Crippen LogP contribution in [-0.4, -0.2) is 5.11 Å². The van der Waals surface area contributed by atoms with Gasteiger partial charge in [-0.3, -0.25) is 0 Å². The summed E-state index contributed by atoms with van der Waals surface area (Å²) in [5.74, 6) is 0.303. The summed E-state index contributed by atoms with van der Waals surface area (Å²) in [5.41, 5.74) is 0. The normalized spacial score (nSPS) is 12.3. The molecule has 0 radical (unpaired) electrons. The second-order valence-corrected chi connectivity index (χ2v) is 1.63. The number of aliphatic hydroxyl groups excluding tert-OH is 1. The third-order valence-electron chi connectivity index (χ3n) is 0.816. The summed E-state index contributed by atoms with van der Waals surface area (Å²) in [7, 11) is 0. The van der Waals surface area contributed by atoms with Gasteiger partial charge in [-0.05, 0) is 18.6 Å². The summed E-state index contributed by atoms with van der Waals surface area (Å²) in [4.78, 5) is 0. The number of aliphatic hydroxyl groups is 1. The molecule has 0 rings (SSSR count). The van der Waals surface area contributed by atoms with Gasteiger partial charge in [-0.2, -0.15) is 0 Å². The first-order valence-corrected chi connectivity index (χ1v) is 2.99. The lowest BCUT2D eigenvalue weighted by atomic mass is 10.3. The fourth-order valence-corrected chi connectivity index (χ4v) is 0.444. The molecule has 1 heteroatoms. The largest absolute Gasteiger partial charge is 0.508 e. The van der Waals surface area contributed by atoms with Gasteiger partial charge >= 0.3 is 0 Å². The molecule has 0 aromatic heterocycles. The van der Waals surface area contributed by atoms with E-state index in [9.17, 15) is 0 Å². The van der Waals surface area contributed by atoms with Crippen molar-refractivity contribution in [1.29, 1.82) is 0 Å².